The second-order valence-electron chi connectivity index (χ2n) is 4.67. The van der Waals surface area contributed by atoms with Gasteiger partial charge in [-0.3, -0.25) is 9.69 Å². The van der Waals surface area contributed by atoms with Crippen molar-refractivity contribution in [1.29, 1.82) is 0 Å². The van der Waals surface area contributed by atoms with Crippen LogP contribution in [0.15, 0.2) is 18.2 Å². The average Bonchev–Trinajstić information content (AvgIpc) is 2.36. The summed E-state index contributed by atoms with van der Waals surface area (Å²) < 4.78 is 26.7. The quantitative estimate of drug-likeness (QED) is 0.782. The number of carboxylic acids is 1. The van der Waals surface area contributed by atoms with Gasteiger partial charge in [0.25, 0.3) is 0 Å². The Hall–Kier alpha value is -1.20. The van der Waals surface area contributed by atoms with Crippen LogP contribution >= 0.6 is 12.4 Å². The normalized spacial score (nSPS) is 12.1. The highest BCUT2D eigenvalue weighted by Crippen LogP contribution is 2.23. The molecule has 3 nitrogen and oxygen atoms in total. The van der Waals surface area contributed by atoms with E-state index in [-0.39, 0.29) is 24.9 Å². The van der Waals surface area contributed by atoms with Gasteiger partial charge in [0, 0.05) is 18.0 Å². The third kappa shape index (κ3) is 5.84. The zero-order valence-electron chi connectivity index (χ0n) is 11.6. The maximum atomic E-state index is 13.6. The molecule has 0 bridgehead atoms. The predicted molar refractivity (Wildman–Crippen MR) is 76.1 cm³/mol. The van der Waals surface area contributed by atoms with Gasteiger partial charge >= 0.3 is 5.97 Å². The first kappa shape index (κ1) is 18.8. The molecule has 0 heterocycles. The third-order valence-corrected chi connectivity index (χ3v) is 3.22. The highest BCUT2D eigenvalue weighted by Gasteiger charge is 2.16. The number of aliphatic carboxylic acids is 1. The van der Waals surface area contributed by atoms with E-state index in [4.69, 9.17) is 5.11 Å². The third-order valence-electron chi connectivity index (χ3n) is 3.22. The van der Waals surface area contributed by atoms with Gasteiger partial charge < -0.3 is 5.11 Å². The molecule has 1 aromatic carbocycles. The summed E-state index contributed by atoms with van der Waals surface area (Å²) in [5.41, 5.74) is 0.320. The van der Waals surface area contributed by atoms with E-state index >= 15 is 0 Å². The summed E-state index contributed by atoms with van der Waals surface area (Å²) in [6.07, 6.45) is 1.43. The number of nitrogens with zero attached hydrogens (tertiary/aromatic N) is 1. The Balaban J connectivity index is 0.00000361. The largest absolute Gasteiger partial charge is 0.481 e. The summed E-state index contributed by atoms with van der Waals surface area (Å²) >= 11 is 0. The van der Waals surface area contributed by atoms with Gasteiger partial charge in [0.15, 0.2) is 0 Å². The molecule has 0 aliphatic rings. The van der Waals surface area contributed by atoms with E-state index < -0.39 is 17.6 Å². The first-order valence-electron chi connectivity index (χ1n) is 6.28. The lowest BCUT2D eigenvalue weighted by Crippen LogP contribution is -2.24. The fraction of sp³-hybridized carbons (Fsp3) is 0.500. The van der Waals surface area contributed by atoms with Crippen LogP contribution in [0.1, 0.15) is 37.8 Å². The Morgan fingerprint density at radius 2 is 2.00 bits per heavy atom. The van der Waals surface area contributed by atoms with Gasteiger partial charge in [0.2, 0.25) is 0 Å². The van der Waals surface area contributed by atoms with Crippen molar-refractivity contribution in [3.05, 3.63) is 35.4 Å². The minimum absolute atomic E-state index is 0. The number of hydrogen-bond donors (Lipinski definition) is 1. The topological polar surface area (TPSA) is 40.5 Å². The van der Waals surface area contributed by atoms with Crippen LogP contribution in [-0.2, 0) is 4.79 Å². The molecule has 20 heavy (non-hydrogen) atoms. The summed E-state index contributed by atoms with van der Waals surface area (Å²) in [7, 11) is 1.82. The fourth-order valence-electron chi connectivity index (χ4n) is 1.90. The standard InChI is InChI=1S/C14H19F2NO2.ClH/c1-10(12-9-11(15)6-7-13(12)16)17(2)8-4-3-5-14(18)19;/h6-7,9-10H,3-5,8H2,1-2H3,(H,18,19);1H. The van der Waals surface area contributed by atoms with Crippen LogP contribution in [-0.4, -0.2) is 29.6 Å². The van der Waals surface area contributed by atoms with Crippen LogP contribution in [0, 0.1) is 11.6 Å². The summed E-state index contributed by atoms with van der Waals surface area (Å²) in [5, 5.41) is 8.53. The Morgan fingerprint density at radius 3 is 2.60 bits per heavy atom. The fourth-order valence-corrected chi connectivity index (χ4v) is 1.90. The molecule has 0 saturated heterocycles. The van der Waals surface area contributed by atoms with E-state index in [1.165, 1.54) is 6.07 Å². The van der Waals surface area contributed by atoms with Crippen molar-refractivity contribution in [3.8, 4) is 0 Å². The molecular weight excluding hydrogens is 288 g/mol. The van der Waals surface area contributed by atoms with Crippen molar-refractivity contribution in [2.24, 2.45) is 0 Å². The number of hydrogen-bond acceptors (Lipinski definition) is 2. The summed E-state index contributed by atoms with van der Waals surface area (Å²) in [6.45, 7) is 2.44. The van der Waals surface area contributed by atoms with Gasteiger partial charge in [-0.05, 0) is 51.6 Å². The maximum Gasteiger partial charge on any atom is 0.303 e. The van der Waals surface area contributed by atoms with Crippen molar-refractivity contribution < 1.29 is 18.7 Å². The van der Waals surface area contributed by atoms with Gasteiger partial charge in [-0.15, -0.1) is 12.4 Å². The van der Waals surface area contributed by atoms with E-state index in [9.17, 15) is 13.6 Å². The molecule has 1 unspecified atom stereocenters. The number of carboxylic acid groups (broad SMARTS) is 1. The van der Waals surface area contributed by atoms with E-state index in [1.54, 1.807) is 6.92 Å². The Labute approximate surface area is 124 Å². The number of rotatable bonds is 7. The molecule has 114 valence electrons. The highest BCUT2D eigenvalue weighted by molar-refractivity contribution is 5.85. The molecule has 0 saturated carbocycles. The number of halogens is 3. The minimum atomic E-state index is -0.813. The zero-order valence-corrected chi connectivity index (χ0v) is 12.4. The molecule has 6 heteroatoms. The van der Waals surface area contributed by atoms with Gasteiger partial charge in [-0.1, -0.05) is 0 Å². The van der Waals surface area contributed by atoms with Crippen LogP contribution < -0.4 is 0 Å². The molecular formula is C14H20ClF2NO2. The highest BCUT2D eigenvalue weighted by atomic mass is 35.5. The van der Waals surface area contributed by atoms with E-state index in [0.29, 0.717) is 24.9 Å². The Bertz CT molecular complexity index is 443. The molecule has 0 radical (unpaired) electrons. The van der Waals surface area contributed by atoms with Crippen LogP contribution in [0.4, 0.5) is 8.78 Å². The molecule has 0 aromatic heterocycles. The maximum absolute atomic E-state index is 13.6. The van der Waals surface area contributed by atoms with E-state index in [1.807, 2.05) is 11.9 Å². The predicted octanol–water partition coefficient (Wildman–Crippen LogP) is 3.63. The van der Waals surface area contributed by atoms with Gasteiger partial charge in [0.05, 0.1) is 0 Å². The van der Waals surface area contributed by atoms with Crippen molar-refractivity contribution in [2.75, 3.05) is 13.6 Å². The average molecular weight is 308 g/mol. The van der Waals surface area contributed by atoms with Gasteiger partial charge in [-0.25, -0.2) is 8.78 Å². The molecule has 0 aliphatic carbocycles. The van der Waals surface area contributed by atoms with Gasteiger partial charge in [0.1, 0.15) is 11.6 Å². The lowest BCUT2D eigenvalue weighted by molar-refractivity contribution is -0.137. The Morgan fingerprint density at radius 1 is 1.35 bits per heavy atom. The Kier molecular flexibility index (Phi) is 8.34. The molecule has 0 aliphatic heterocycles. The van der Waals surface area contributed by atoms with Crippen molar-refractivity contribution in [1.82, 2.24) is 4.90 Å². The first-order valence-corrected chi connectivity index (χ1v) is 6.28. The molecule has 1 atom stereocenters. The molecule has 1 N–H and O–H groups in total. The SMILES string of the molecule is CC(c1cc(F)ccc1F)N(C)CCCCC(=O)O.Cl. The summed E-state index contributed by atoms with van der Waals surface area (Å²) in [6, 6.07) is 3.17. The molecule has 0 fully saturated rings. The van der Waals surface area contributed by atoms with E-state index in [2.05, 4.69) is 0 Å². The number of benzene rings is 1. The molecule has 0 spiro atoms. The lowest BCUT2D eigenvalue weighted by Gasteiger charge is -2.25. The van der Waals surface area contributed by atoms with Crippen molar-refractivity contribution in [3.63, 3.8) is 0 Å². The number of carbonyl (C=O) groups is 1. The zero-order chi connectivity index (χ0) is 14.4. The van der Waals surface area contributed by atoms with Crippen LogP contribution in [0.3, 0.4) is 0 Å². The molecule has 0 amide bonds. The van der Waals surface area contributed by atoms with Crippen LogP contribution in [0.5, 0.6) is 0 Å². The smallest absolute Gasteiger partial charge is 0.303 e. The summed E-state index contributed by atoms with van der Waals surface area (Å²) in [4.78, 5) is 12.3. The minimum Gasteiger partial charge on any atom is -0.481 e. The van der Waals surface area contributed by atoms with Crippen molar-refractivity contribution in [2.45, 2.75) is 32.2 Å². The number of unbranched alkanes of at least 4 members (excludes halogenated alkanes) is 1. The molecule has 1 aromatic rings. The first-order chi connectivity index (χ1) is 8.91. The second-order valence-corrected chi connectivity index (χ2v) is 4.67. The van der Waals surface area contributed by atoms with Crippen LogP contribution in [0.2, 0.25) is 0 Å². The van der Waals surface area contributed by atoms with Crippen molar-refractivity contribution >= 4 is 18.4 Å². The van der Waals surface area contributed by atoms with Crippen LogP contribution in [0.25, 0.3) is 0 Å². The second kappa shape index (κ2) is 8.87. The van der Waals surface area contributed by atoms with E-state index in [0.717, 1.165) is 12.1 Å². The monoisotopic (exact) mass is 307 g/mol. The molecule has 1 rings (SSSR count). The summed E-state index contributed by atoms with van der Waals surface area (Å²) in [5.74, 6) is -1.69. The van der Waals surface area contributed by atoms with Gasteiger partial charge in [-0.2, -0.15) is 0 Å². The lowest BCUT2D eigenvalue weighted by atomic mass is 10.1.